The van der Waals surface area contributed by atoms with Crippen molar-refractivity contribution in [2.75, 3.05) is 0 Å². The summed E-state index contributed by atoms with van der Waals surface area (Å²) in [6.07, 6.45) is 0.161. The van der Waals surface area contributed by atoms with Crippen LogP contribution in [0.25, 0.3) is 0 Å². The topological polar surface area (TPSA) is 49.4 Å². The second-order valence-corrected chi connectivity index (χ2v) is 6.71. The van der Waals surface area contributed by atoms with E-state index in [0.29, 0.717) is 5.02 Å². The first-order chi connectivity index (χ1) is 11.5. The van der Waals surface area contributed by atoms with E-state index in [-0.39, 0.29) is 24.3 Å². The molecule has 1 saturated heterocycles. The Hall–Kier alpha value is -2.04. The number of nitrogens with zero attached hydrogens (tertiary/aromatic N) is 1. The maximum atomic E-state index is 12.2. The molecule has 2 aromatic rings. The van der Waals surface area contributed by atoms with Gasteiger partial charge in [-0.1, -0.05) is 53.6 Å². The molecule has 2 amide bonds. The normalized spacial score (nSPS) is 19.8. The van der Waals surface area contributed by atoms with Crippen LogP contribution in [-0.4, -0.2) is 22.2 Å². The maximum absolute atomic E-state index is 12.2. The molecular formula is C18H16Cl2N2O2. The number of halogens is 2. The van der Waals surface area contributed by atoms with Crippen molar-refractivity contribution in [3.8, 4) is 0 Å². The lowest BCUT2D eigenvalue weighted by molar-refractivity contribution is -0.156. The van der Waals surface area contributed by atoms with E-state index in [1.165, 1.54) is 5.01 Å². The minimum atomic E-state index is -0.663. The monoisotopic (exact) mass is 362 g/mol. The highest BCUT2D eigenvalue weighted by atomic mass is 35.5. The molecule has 0 bridgehead atoms. The predicted molar refractivity (Wildman–Crippen MR) is 93.7 cm³/mol. The quantitative estimate of drug-likeness (QED) is 0.669. The Kier molecular flexibility index (Phi) is 4.78. The summed E-state index contributed by atoms with van der Waals surface area (Å²) >= 11 is 12.0. The molecule has 2 aromatic carbocycles. The lowest BCUT2D eigenvalue weighted by atomic mass is 9.94. The van der Waals surface area contributed by atoms with E-state index in [2.05, 4.69) is 5.43 Å². The van der Waals surface area contributed by atoms with Gasteiger partial charge in [0.25, 0.3) is 5.91 Å². The number of aryl methyl sites for hydroxylation is 1. The Morgan fingerprint density at radius 1 is 1.12 bits per heavy atom. The Morgan fingerprint density at radius 3 is 2.38 bits per heavy atom. The second-order valence-electron chi connectivity index (χ2n) is 5.80. The van der Waals surface area contributed by atoms with Crippen LogP contribution >= 0.6 is 23.2 Å². The number of hydrazine groups is 1. The number of β-lactam (4-membered cyclic amide) rings is 1. The van der Waals surface area contributed by atoms with Crippen LogP contribution in [0.5, 0.6) is 0 Å². The Bertz CT molecular complexity index is 760. The van der Waals surface area contributed by atoms with Gasteiger partial charge in [0.05, 0.1) is 6.42 Å². The molecular weight excluding hydrogens is 347 g/mol. The smallest absolute Gasteiger partial charge is 0.262 e. The fourth-order valence-electron chi connectivity index (χ4n) is 2.62. The lowest BCUT2D eigenvalue weighted by Crippen LogP contribution is -2.63. The molecule has 0 saturated carbocycles. The highest BCUT2D eigenvalue weighted by molar-refractivity contribution is 6.33. The van der Waals surface area contributed by atoms with Gasteiger partial charge in [0.15, 0.2) is 0 Å². The average Bonchev–Trinajstić information content (AvgIpc) is 2.58. The van der Waals surface area contributed by atoms with Crippen LogP contribution in [0.3, 0.4) is 0 Å². The summed E-state index contributed by atoms with van der Waals surface area (Å²) in [6, 6.07) is 14.4. The van der Waals surface area contributed by atoms with E-state index in [4.69, 9.17) is 23.2 Å². The Morgan fingerprint density at radius 2 is 1.75 bits per heavy atom. The first kappa shape index (κ1) is 16.8. The van der Waals surface area contributed by atoms with Crippen molar-refractivity contribution in [1.29, 1.82) is 0 Å². The zero-order valence-electron chi connectivity index (χ0n) is 13.0. The fraction of sp³-hybridized carbons (Fsp3) is 0.222. The summed E-state index contributed by atoms with van der Waals surface area (Å²) in [5.74, 6) is -0.571. The molecule has 2 atom stereocenters. The summed E-state index contributed by atoms with van der Waals surface area (Å²) in [7, 11) is 0. The number of amides is 2. The summed E-state index contributed by atoms with van der Waals surface area (Å²) < 4.78 is 0. The molecule has 1 aliphatic rings. The largest absolute Gasteiger partial charge is 0.273 e. The van der Waals surface area contributed by atoms with Crippen molar-refractivity contribution in [2.24, 2.45) is 0 Å². The van der Waals surface area contributed by atoms with Crippen LogP contribution in [0.15, 0.2) is 48.5 Å². The summed E-state index contributed by atoms with van der Waals surface area (Å²) in [6.45, 7) is 1.99. The minimum absolute atomic E-state index is 0.161. The summed E-state index contributed by atoms with van der Waals surface area (Å²) in [5, 5.41) is 1.26. The highest BCUT2D eigenvalue weighted by Gasteiger charge is 2.48. The van der Waals surface area contributed by atoms with Gasteiger partial charge in [0, 0.05) is 5.02 Å². The van der Waals surface area contributed by atoms with Crippen LogP contribution in [0, 0.1) is 6.92 Å². The third kappa shape index (κ3) is 3.40. The molecule has 0 spiro atoms. The van der Waals surface area contributed by atoms with Gasteiger partial charge in [0.2, 0.25) is 5.91 Å². The SMILES string of the molecule is Cc1ccc(C2C(Cl)C(=O)N2NC(=O)Cc2ccc(Cl)cc2)cc1. The van der Waals surface area contributed by atoms with Crippen molar-refractivity contribution in [1.82, 2.24) is 10.4 Å². The van der Waals surface area contributed by atoms with Crippen molar-refractivity contribution in [3.63, 3.8) is 0 Å². The molecule has 3 rings (SSSR count). The van der Waals surface area contributed by atoms with E-state index < -0.39 is 5.38 Å². The van der Waals surface area contributed by atoms with E-state index in [0.717, 1.165) is 16.7 Å². The maximum Gasteiger partial charge on any atom is 0.262 e. The van der Waals surface area contributed by atoms with Gasteiger partial charge in [-0.05, 0) is 30.2 Å². The number of benzene rings is 2. The molecule has 24 heavy (non-hydrogen) atoms. The first-order valence-electron chi connectivity index (χ1n) is 7.53. The fourth-order valence-corrected chi connectivity index (χ4v) is 3.11. The molecule has 0 radical (unpaired) electrons. The highest BCUT2D eigenvalue weighted by Crippen LogP contribution is 2.37. The van der Waals surface area contributed by atoms with E-state index >= 15 is 0 Å². The molecule has 1 fully saturated rings. The van der Waals surface area contributed by atoms with Crippen LogP contribution in [-0.2, 0) is 16.0 Å². The summed E-state index contributed by atoms with van der Waals surface area (Å²) in [5.41, 5.74) is 5.48. The first-order valence-corrected chi connectivity index (χ1v) is 8.35. The molecule has 2 unspecified atom stereocenters. The second kappa shape index (κ2) is 6.83. The molecule has 1 aliphatic heterocycles. The van der Waals surface area contributed by atoms with Gasteiger partial charge in [-0.25, -0.2) is 5.01 Å². The van der Waals surface area contributed by atoms with Gasteiger partial charge < -0.3 is 0 Å². The van der Waals surface area contributed by atoms with Gasteiger partial charge >= 0.3 is 0 Å². The van der Waals surface area contributed by atoms with Crippen molar-refractivity contribution >= 4 is 35.0 Å². The van der Waals surface area contributed by atoms with Crippen molar-refractivity contribution in [2.45, 2.75) is 24.8 Å². The molecule has 1 N–H and O–H groups in total. The third-order valence-electron chi connectivity index (χ3n) is 3.97. The molecule has 0 aromatic heterocycles. The molecule has 1 heterocycles. The van der Waals surface area contributed by atoms with Gasteiger partial charge in [-0.15, -0.1) is 11.6 Å². The number of rotatable bonds is 4. The third-order valence-corrected chi connectivity index (χ3v) is 4.65. The molecule has 6 heteroatoms. The minimum Gasteiger partial charge on any atom is -0.273 e. The average molecular weight is 363 g/mol. The number of hydrogen-bond acceptors (Lipinski definition) is 2. The van der Waals surface area contributed by atoms with Crippen LogP contribution < -0.4 is 5.43 Å². The number of alkyl halides is 1. The summed E-state index contributed by atoms with van der Waals surface area (Å²) in [4.78, 5) is 24.2. The van der Waals surface area contributed by atoms with Gasteiger partial charge in [-0.2, -0.15) is 0 Å². The predicted octanol–water partition coefficient (Wildman–Crippen LogP) is 3.41. The van der Waals surface area contributed by atoms with Gasteiger partial charge in [-0.3, -0.25) is 15.0 Å². The number of carbonyl (C=O) groups is 2. The van der Waals surface area contributed by atoms with E-state index in [1.54, 1.807) is 24.3 Å². The van der Waals surface area contributed by atoms with Crippen molar-refractivity contribution in [3.05, 3.63) is 70.2 Å². The Labute approximate surface area is 150 Å². The standard InChI is InChI=1S/C18H16Cl2N2O2/c1-11-2-6-13(7-3-11)17-16(20)18(24)22(17)21-15(23)10-12-4-8-14(19)9-5-12/h2-9,16-17H,10H2,1H3,(H,21,23). The van der Waals surface area contributed by atoms with Crippen LogP contribution in [0.2, 0.25) is 5.02 Å². The lowest BCUT2D eigenvalue weighted by Gasteiger charge is -2.44. The molecule has 124 valence electrons. The Balaban J connectivity index is 1.68. The molecule has 0 aliphatic carbocycles. The van der Waals surface area contributed by atoms with E-state index in [9.17, 15) is 9.59 Å². The number of carbonyl (C=O) groups excluding carboxylic acids is 2. The van der Waals surface area contributed by atoms with Crippen LogP contribution in [0.1, 0.15) is 22.7 Å². The number of nitrogens with one attached hydrogen (secondary N) is 1. The van der Waals surface area contributed by atoms with Crippen LogP contribution in [0.4, 0.5) is 0 Å². The van der Waals surface area contributed by atoms with Crippen molar-refractivity contribution < 1.29 is 9.59 Å². The van der Waals surface area contributed by atoms with E-state index in [1.807, 2.05) is 31.2 Å². The zero-order valence-corrected chi connectivity index (χ0v) is 14.5. The number of hydrogen-bond donors (Lipinski definition) is 1. The zero-order chi connectivity index (χ0) is 17.3. The van der Waals surface area contributed by atoms with Gasteiger partial charge in [0.1, 0.15) is 11.4 Å². The molecule has 4 nitrogen and oxygen atoms in total.